The standard InChI is InChI=1S/C11H19N3O/c12-8-7-10-13-11(14-15-10)9-5-3-1-2-4-6-9/h9H,1-8,12H2. The molecule has 0 aromatic carbocycles. The van der Waals surface area contributed by atoms with Crippen molar-refractivity contribution in [3.63, 3.8) is 0 Å². The van der Waals surface area contributed by atoms with E-state index in [2.05, 4.69) is 10.1 Å². The Morgan fingerprint density at radius 3 is 2.60 bits per heavy atom. The van der Waals surface area contributed by atoms with Crippen molar-refractivity contribution in [2.24, 2.45) is 5.73 Å². The molecule has 4 heteroatoms. The van der Waals surface area contributed by atoms with E-state index in [0.29, 0.717) is 24.8 Å². The number of rotatable bonds is 3. The van der Waals surface area contributed by atoms with Gasteiger partial charge in [0.1, 0.15) is 0 Å². The van der Waals surface area contributed by atoms with Crippen molar-refractivity contribution < 1.29 is 4.52 Å². The first-order valence-corrected chi connectivity index (χ1v) is 5.92. The zero-order valence-corrected chi connectivity index (χ0v) is 9.11. The number of nitrogens with zero attached hydrogens (tertiary/aromatic N) is 2. The normalized spacial score (nSPS) is 19.0. The summed E-state index contributed by atoms with van der Waals surface area (Å²) in [5.41, 5.74) is 5.45. The van der Waals surface area contributed by atoms with Crippen molar-refractivity contribution >= 4 is 0 Å². The minimum Gasteiger partial charge on any atom is -0.339 e. The van der Waals surface area contributed by atoms with Crippen molar-refractivity contribution in [1.82, 2.24) is 10.1 Å². The third-order valence-electron chi connectivity index (χ3n) is 3.06. The maximum atomic E-state index is 5.45. The second-order valence-corrected chi connectivity index (χ2v) is 4.27. The van der Waals surface area contributed by atoms with Crippen molar-refractivity contribution in [3.8, 4) is 0 Å². The number of hydrogen-bond acceptors (Lipinski definition) is 4. The molecule has 1 heterocycles. The molecule has 1 aliphatic rings. The summed E-state index contributed by atoms with van der Waals surface area (Å²) in [5.74, 6) is 2.11. The Labute approximate surface area is 90.2 Å². The summed E-state index contributed by atoms with van der Waals surface area (Å²) in [6, 6.07) is 0. The molecule has 1 aliphatic carbocycles. The van der Waals surface area contributed by atoms with E-state index in [-0.39, 0.29) is 0 Å². The van der Waals surface area contributed by atoms with Gasteiger partial charge in [0.15, 0.2) is 5.82 Å². The summed E-state index contributed by atoms with van der Waals surface area (Å²) < 4.78 is 5.16. The highest BCUT2D eigenvalue weighted by molar-refractivity contribution is 4.96. The Morgan fingerprint density at radius 1 is 1.20 bits per heavy atom. The van der Waals surface area contributed by atoms with Crippen LogP contribution in [0, 0.1) is 0 Å². The Morgan fingerprint density at radius 2 is 1.93 bits per heavy atom. The quantitative estimate of drug-likeness (QED) is 0.773. The molecular formula is C11H19N3O. The van der Waals surface area contributed by atoms with Gasteiger partial charge in [0.05, 0.1) is 0 Å². The first kappa shape index (κ1) is 10.6. The SMILES string of the molecule is NCCc1nc(C2CCCCCC2)no1. The van der Waals surface area contributed by atoms with Crippen LogP contribution in [0.3, 0.4) is 0 Å². The van der Waals surface area contributed by atoms with Crippen LogP contribution >= 0.6 is 0 Å². The number of nitrogens with two attached hydrogens (primary N) is 1. The minimum absolute atomic E-state index is 0.516. The fourth-order valence-corrected chi connectivity index (χ4v) is 2.20. The van der Waals surface area contributed by atoms with Crippen LogP contribution in [0.2, 0.25) is 0 Å². The molecule has 0 amide bonds. The molecule has 0 unspecified atom stereocenters. The van der Waals surface area contributed by atoms with Crippen LogP contribution in [0.1, 0.15) is 56.2 Å². The largest absolute Gasteiger partial charge is 0.339 e. The minimum atomic E-state index is 0.516. The lowest BCUT2D eigenvalue weighted by molar-refractivity contribution is 0.368. The van der Waals surface area contributed by atoms with Crippen molar-refractivity contribution in [1.29, 1.82) is 0 Å². The number of aromatic nitrogens is 2. The highest BCUT2D eigenvalue weighted by Gasteiger charge is 2.19. The molecule has 1 fully saturated rings. The average Bonchev–Trinajstić information content (AvgIpc) is 2.53. The molecule has 0 radical (unpaired) electrons. The lowest BCUT2D eigenvalue weighted by Gasteiger charge is -2.07. The van der Waals surface area contributed by atoms with Gasteiger partial charge in [-0.25, -0.2) is 0 Å². The predicted octanol–water partition coefficient (Wildman–Crippen LogP) is 2.01. The molecule has 0 spiro atoms. The van der Waals surface area contributed by atoms with E-state index in [1.165, 1.54) is 38.5 Å². The van der Waals surface area contributed by atoms with Crippen molar-refractivity contribution in [2.75, 3.05) is 6.54 Å². The molecule has 15 heavy (non-hydrogen) atoms. The van der Waals surface area contributed by atoms with Gasteiger partial charge in [-0.15, -0.1) is 0 Å². The van der Waals surface area contributed by atoms with Crippen LogP contribution in [0.4, 0.5) is 0 Å². The average molecular weight is 209 g/mol. The summed E-state index contributed by atoms with van der Waals surface area (Å²) >= 11 is 0. The Balaban J connectivity index is 2.00. The van der Waals surface area contributed by atoms with E-state index in [1.54, 1.807) is 0 Å². The third-order valence-corrected chi connectivity index (χ3v) is 3.06. The van der Waals surface area contributed by atoms with Gasteiger partial charge < -0.3 is 10.3 Å². The van der Waals surface area contributed by atoms with E-state index >= 15 is 0 Å². The Bertz CT molecular complexity index is 290. The van der Waals surface area contributed by atoms with Gasteiger partial charge in [-0.1, -0.05) is 30.8 Å². The predicted molar refractivity (Wildman–Crippen MR) is 57.5 cm³/mol. The summed E-state index contributed by atoms with van der Waals surface area (Å²) in [7, 11) is 0. The molecule has 84 valence electrons. The molecule has 1 aromatic rings. The smallest absolute Gasteiger partial charge is 0.227 e. The lowest BCUT2D eigenvalue weighted by atomic mass is 10.00. The highest BCUT2D eigenvalue weighted by atomic mass is 16.5. The number of hydrogen-bond donors (Lipinski definition) is 1. The fraction of sp³-hybridized carbons (Fsp3) is 0.818. The van der Waals surface area contributed by atoms with E-state index in [9.17, 15) is 0 Å². The van der Waals surface area contributed by atoms with Gasteiger partial charge in [0.25, 0.3) is 0 Å². The van der Waals surface area contributed by atoms with E-state index in [4.69, 9.17) is 10.3 Å². The molecule has 0 saturated heterocycles. The van der Waals surface area contributed by atoms with Crippen LogP contribution < -0.4 is 5.73 Å². The van der Waals surface area contributed by atoms with Crippen molar-refractivity contribution in [2.45, 2.75) is 50.9 Å². The summed E-state index contributed by atoms with van der Waals surface area (Å²) in [6.45, 7) is 0.576. The van der Waals surface area contributed by atoms with Gasteiger partial charge in [0.2, 0.25) is 5.89 Å². The topological polar surface area (TPSA) is 64.9 Å². The first-order chi connectivity index (χ1) is 7.40. The Kier molecular flexibility index (Phi) is 3.72. The van der Waals surface area contributed by atoms with Gasteiger partial charge in [-0.05, 0) is 12.8 Å². The molecule has 0 bridgehead atoms. The molecule has 2 N–H and O–H groups in total. The van der Waals surface area contributed by atoms with Gasteiger partial charge >= 0.3 is 0 Å². The summed E-state index contributed by atoms with van der Waals surface area (Å²) in [5, 5.41) is 4.06. The van der Waals surface area contributed by atoms with Crippen LogP contribution in [0.5, 0.6) is 0 Å². The maximum Gasteiger partial charge on any atom is 0.227 e. The first-order valence-electron chi connectivity index (χ1n) is 5.92. The zero-order chi connectivity index (χ0) is 10.5. The summed E-state index contributed by atoms with van der Waals surface area (Å²) in [6.07, 6.45) is 8.41. The lowest BCUT2D eigenvalue weighted by Crippen LogP contribution is -2.04. The van der Waals surface area contributed by atoms with Crippen LogP contribution in [-0.4, -0.2) is 16.7 Å². The van der Waals surface area contributed by atoms with Crippen LogP contribution in [-0.2, 0) is 6.42 Å². The molecule has 2 rings (SSSR count). The molecule has 0 atom stereocenters. The van der Waals surface area contributed by atoms with Gasteiger partial charge in [-0.2, -0.15) is 4.98 Å². The summed E-state index contributed by atoms with van der Waals surface area (Å²) in [4.78, 5) is 4.41. The van der Waals surface area contributed by atoms with Crippen LogP contribution in [0.15, 0.2) is 4.52 Å². The Hall–Kier alpha value is -0.900. The molecule has 1 saturated carbocycles. The fourth-order valence-electron chi connectivity index (χ4n) is 2.20. The van der Waals surface area contributed by atoms with E-state index in [0.717, 1.165) is 5.82 Å². The molecule has 0 aliphatic heterocycles. The second-order valence-electron chi connectivity index (χ2n) is 4.27. The molecule has 1 aromatic heterocycles. The van der Waals surface area contributed by atoms with Crippen molar-refractivity contribution in [3.05, 3.63) is 11.7 Å². The maximum absolute atomic E-state index is 5.45. The second kappa shape index (κ2) is 5.26. The monoisotopic (exact) mass is 209 g/mol. The van der Waals surface area contributed by atoms with E-state index in [1.807, 2.05) is 0 Å². The highest BCUT2D eigenvalue weighted by Crippen LogP contribution is 2.29. The van der Waals surface area contributed by atoms with E-state index < -0.39 is 0 Å². The van der Waals surface area contributed by atoms with Gasteiger partial charge in [0, 0.05) is 18.9 Å². The third kappa shape index (κ3) is 2.78. The molecule has 4 nitrogen and oxygen atoms in total. The van der Waals surface area contributed by atoms with Crippen LogP contribution in [0.25, 0.3) is 0 Å². The zero-order valence-electron chi connectivity index (χ0n) is 9.11. The molecular weight excluding hydrogens is 190 g/mol. The van der Waals surface area contributed by atoms with Gasteiger partial charge in [-0.3, -0.25) is 0 Å².